The zero-order valence-electron chi connectivity index (χ0n) is 11.9. The summed E-state index contributed by atoms with van der Waals surface area (Å²) in [5.74, 6) is -3.96. The predicted octanol–water partition coefficient (Wildman–Crippen LogP) is 2.75. The summed E-state index contributed by atoms with van der Waals surface area (Å²) in [4.78, 5) is 14.8. The van der Waals surface area contributed by atoms with Gasteiger partial charge in [0.15, 0.2) is 5.82 Å². The van der Waals surface area contributed by atoms with E-state index in [0.29, 0.717) is 16.9 Å². The number of ether oxygens (including phenoxy) is 1. The zero-order valence-corrected chi connectivity index (χ0v) is 11.9. The van der Waals surface area contributed by atoms with Crippen molar-refractivity contribution >= 4 is 5.91 Å². The van der Waals surface area contributed by atoms with Crippen LogP contribution in [0.4, 0.5) is 13.2 Å². The Morgan fingerprint density at radius 1 is 1.32 bits per heavy atom. The number of hydrogen-bond acceptors (Lipinski definition) is 3. The first-order valence-corrected chi connectivity index (χ1v) is 6.36. The molecule has 1 amide bonds. The molecule has 0 fully saturated rings. The highest BCUT2D eigenvalue weighted by molar-refractivity contribution is 5.96. The molecule has 0 spiro atoms. The van der Waals surface area contributed by atoms with Gasteiger partial charge >= 0.3 is 0 Å². The Labute approximate surface area is 124 Å². The molecular weight excluding hydrogens is 297 g/mol. The second-order valence-corrected chi connectivity index (χ2v) is 4.52. The fourth-order valence-electron chi connectivity index (χ4n) is 2.00. The Kier molecular flexibility index (Phi) is 4.65. The van der Waals surface area contributed by atoms with E-state index in [2.05, 4.69) is 10.3 Å². The number of pyridine rings is 1. The first-order valence-electron chi connectivity index (χ1n) is 6.36. The quantitative estimate of drug-likeness (QED) is 0.884. The van der Waals surface area contributed by atoms with Crippen LogP contribution in [0.2, 0.25) is 0 Å². The lowest BCUT2D eigenvalue weighted by Gasteiger charge is -2.11. The fourth-order valence-corrected chi connectivity index (χ4v) is 2.00. The SMILES string of the molecule is COc1cccc(C(=O)NCc2cc(F)nc(F)c2F)c1C. The van der Waals surface area contributed by atoms with E-state index in [4.69, 9.17) is 4.74 Å². The number of rotatable bonds is 4. The standard InChI is InChI=1S/C15H13F3N2O2/c1-8-10(4-3-5-11(8)22-2)15(21)19-7-9-6-12(16)20-14(18)13(9)17/h3-6H,7H2,1-2H3,(H,19,21). The number of halogens is 3. The van der Waals surface area contributed by atoms with Crippen LogP contribution in [-0.4, -0.2) is 18.0 Å². The predicted molar refractivity (Wildman–Crippen MR) is 73.0 cm³/mol. The average molecular weight is 310 g/mol. The molecule has 0 saturated heterocycles. The highest BCUT2D eigenvalue weighted by Crippen LogP contribution is 2.21. The third-order valence-electron chi connectivity index (χ3n) is 3.15. The van der Waals surface area contributed by atoms with Crippen molar-refractivity contribution in [2.75, 3.05) is 7.11 Å². The van der Waals surface area contributed by atoms with Crippen molar-refractivity contribution in [3.05, 3.63) is 58.7 Å². The van der Waals surface area contributed by atoms with Gasteiger partial charge in [0.05, 0.1) is 7.11 Å². The number of nitrogens with zero attached hydrogens (tertiary/aromatic N) is 1. The smallest absolute Gasteiger partial charge is 0.251 e. The molecule has 2 rings (SSSR count). The number of nitrogens with one attached hydrogen (secondary N) is 1. The Balaban J connectivity index is 2.17. The van der Waals surface area contributed by atoms with Crippen LogP contribution in [0.25, 0.3) is 0 Å². The molecule has 0 radical (unpaired) electrons. The molecule has 116 valence electrons. The van der Waals surface area contributed by atoms with Crippen molar-refractivity contribution in [1.82, 2.24) is 10.3 Å². The minimum absolute atomic E-state index is 0.320. The molecule has 2 aromatic rings. The van der Waals surface area contributed by atoms with Crippen molar-refractivity contribution in [1.29, 1.82) is 0 Å². The van der Waals surface area contributed by atoms with Gasteiger partial charge in [0.2, 0.25) is 5.95 Å². The molecule has 4 nitrogen and oxygen atoms in total. The average Bonchev–Trinajstić information content (AvgIpc) is 2.49. The summed E-state index contributed by atoms with van der Waals surface area (Å²) in [6.07, 6.45) is 0. The van der Waals surface area contributed by atoms with Gasteiger partial charge in [-0.2, -0.15) is 13.8 Å². The monoisotopic (exact) mass is 310 g/mol. The van der Waals surface area contributed by atoms with E-state index in [1.165, 1.54) is 7.11 Å². The minimum atomic E-state index is -1.54. The van der Waals surface area contributed by atoms with Crippen molar-refractivity contribution < 1.29 is 22.7 Å². The summed E-state index contributed by atoms with van der Waals surface area (Å²) in [6.45, 7) is 1.33. The Hall–Kier alpha value is -2.57. The summed E-state index contributed by atoms with van der Waals surface area (Å²) in [7, 11) is 1.47. The Morgan fingerprint density at radius 3 is 2.73 bits per heavy atom. The van der Waals surface area contributed by atoms with Gasteiger partial charge < -0.3 is 10.1 Å². The molecule has 1 aromatic carbocycles. The van der Waals surface area contributed by atoms with Gasteiger partial charge in [-0.05, 0) is 19.1 Å². The zero-order chi connectivity index (χ0) is 16.3. The molecule has 0 bridgehead atoms. The molecule has 0 unspecified atom stereocenters. The summed E-state index contributed by atoms with van der Waals surface area (Å²) >= 11 is 0. The molecular formula is C15H13F3N2O2. The maximum atomic E-state index is 13.5. The first kappa shape index (κ1) is 15.8. The van der Waals surface area contributed by atoms with Crippen LogP contribution in [0.3, 0.4) is 0 Å². The molecule has 7 heteroatoms. The summed E-state index contributed by atoms with van der Waals surface area (Å²) in [6, 6.07) is 5.63. The van der Waals surface area contributed by atoms with Crippen LogP contribution in [-0.2, 0) is 6.54 Å². The first-order chi connectivity index (χ1) is 10.4. The maximum absolute atomic E-state index is 13.5. The maximum Gasteiger partial charge on any atom is 0.251 e. The van der Waals surface area contributed by atoms with Crippen LogP contribution in [0.15, 0.2) is 24.3 Å². The van der Waals surface area contributed by atoms with E-state index in [0.717, 1.165) is 6.07 Å². The lowest BCUT2D eigenvalue weighted by Crippen LogP contribution is -2.24. The number of carbonyl (C=O) groups excluding carboxylic acids is 1. The van der Waals surface area contributed by atoms with Crippen LogP contribution in [0.1, 0.15) is 21.5 Å². The molecule has 0 aliphatic rings. The van der Waals surface area contributed by atoms with Gasteiger partial charge in [-0.3, -0.25) is 4.79 Å². The van der Waals surface area contributed by atoms with E-state index in [9.17, 15) is 18.0 Å². The van der Waals surface area contributed by atoms with Gasteiger partial charge in [0, 0.05) is 29.3 Å². The van der Waals surface area contributed by atoms with Crippen LogP contribution < -0.4 is 10.1 Å². The Bertz CT molecular complexity index is 720. The highest BCUT2D eigenvalue weighted by atomic mass is 19.2. The molecule has 1 aromatic heterocycles. The Morgan fingerprint density at radius 2 is 2.05 bits per heavy atom. The number of aromatic nitrogens is 1. The molecule has 0 saturated carbocycles. The van der Waals surface area contributed by atoms with Crippen LogP contribution in [0, 0.1) is 24.6 Å². The van der Waals surface area contributed by atoms with Gasteiger partial charge in [-0.25, -0.2) is 4.39 Å². The van der Waals surface area contributed by atoms with Crippen LogP contribution >= 0.6 is 0 Å². The topological polar surface area (TPSA) is 51.2 Å². The second-order valence-electron chi connectivity index (χ2n) is 4.52. The molecule has 1 N–H and O–H groups in total. The summed E-state index contributed by atoms with van der Waals surface area (Å²) < 4.78 is 44.5. The number of carbonyl (C=O) groups is 1. The minimum Gasteiger partial charge on any atom is -0.496 e. The third-order valence-corrected chi connectivity index (χ3v) is 3.15. The van der Waals surface area contributed by atoms with Gasteiger partial charge in [-0.15, -0.1) is 0 Å². The lowest BCUT2D eigenvalue weighted by molar-refractivity contribution is 0.0949. The van der Waals surface area contributed by atoms with E-state index >= 15 is 0 Å². The van der Waals surface area contributed by atoms with E-state index in [1.807, 2.05) is 0 Å². The summed E-state index contributed by atoms with van der Waals surface area (Å²) in [5.41, 5.74) is 0.615. The molecule has 0 aliphatic carbocycles. The third kappa shape index (κ3) is 3.19. The largest absolute Gasteiger partial charge is 0.496 e. The van der Waals surface area contributed by atoms with Crippen molar-refractivity contribution in [2.24, 2.45) is 0 Å². The number of methoxy groups -OCH3 is 1. The molecule has 0 atom stereocenters. The molecule has 22 heavy (non-hydrogen) atoms. The lowest BCUT2D eigenvalue weighted by atomic mass is 10.1. The number of benzene rings is 1. The van der Waals surface area contributed by atoms with Gasteiger partial charge in [0.25, 0.3) is 11.9 Å². The number of amides is 1. The van der Waals surface area contributed by atoms with Crippen molar-refractivity contribution in [3.8, 4) is 5.75 Å². The molecule has 0 aliphatic heterocycles. The normalized spacial score (nSPS) is 10.4. The van der Waals surface area contributed by atoms with Crippen molar-refractivity contribution in [3.63, 3.8) is 0 Å². The van der Waals surface area contributed by atoms with E-state index in [-0.39, 0.29) is 12.1 Å². The molecule has 1 heterocycles. The van der Waals surface area contributed by atoms with Gasteiger partial charge in [-0.1, -0.05) is 6.07 Å². The number of hydrogen-bond donors (Lipinski definition) is 1. The van der Waals surface area contributed by atoms with Crippen LogP contribution in [0.5, 0.6) is 5.75 Å². The highest BCUT2D eigenvalue weighted by Gasteiger charge is 2.15. The summed E-state index contributed by atoms with van der Waals surface area (Å²) in [5, 5.41) is 2.41. The van der Waals surface area contributed by atoms with Crippen molar-refractivity contribution in [2.45, 2.75) is 13.5 Å². The van der Waals surface area contributed by atoms with E-state index in [1.54, 1.807) is 25.1 Å². The fraction of sp³-hybridized carbons (Fsp3) is 0.200. The van der Waals surface area contributed by atoms with E-state index < -0.39 is 23.6 Å². The second kappa shape index (κ2) is 6.46. The van der Waals surface area contributed by atoms with Gasteiger partial charge in [0.1, 0.15) is 5.75 Å².